The van der Waals surface area contributed by atoms with E-state index in [1.165, 1.54) is 16.2 Å². The van der Waals surface area contributed by atoms with Crippen LogP contribution in [0.25, 0.3) is 0 Å². The molecule has 2 rings (SSSR count). The summed E-state index contributed by atoms with van der Waals surface area (Å²) in [6.07, 6.45) is 1.10. The maximum atomic E-state index is 12.0. The number of thioether (sulfide) groups is 1. The number of rotatable bonds is 6. The number of hydrogen-bond donors (Lipinski definition) is 1. The Balaban J connectivity index is 1.77. The Labute approximate surface area is 122 Å². The Hall–Kier alpha value is -0.780. The summed E-state index contributed by atoms with van der Waals surface area (Å²) in [6, 6.07) is 2.04. The minimum absolute atomic E-state index is 0.0170. The SMILES string of the molecule is C=C(C)COCCNC(=O)c1cc2c(s1)CCSC2. The molecule has 0 atom stereocenters. The predicted octanol–water partition coefficient (Wildman–Crippen LogP) is 2.86. The number of thiophene rings is 1. The van der Waals surface area contributed by atoms with Crippen LogP contribution in [0.4, 0.5) is 0 Å². The summed E-state index contributed by atoms with van der Waals surface area (Å²) in [5.74, 6) is 2.23. The van der Waals surface area contributed by atoms with Crippen LogP contribution in [0.2, 0.25) is 0 Å². The van der Waals surface area contributed by atoms with Gasteiger partial charge >= 0.3 is 0 Å². The van der Waals surface area contributed by atoms with Crippen LogP contribution in [0, 0.1) is 0 Å². The van der Waals surface area contributed by atoms with E-state index in [0.29, 0.717) is 19.8 Å². The molecule has 1 aliphatic heterocycles. The Kier molecular flexibility index (Phi) is 5.48. The van der Waals surface area contributed by atoms with Crippen LogP contribution >= 0.6 is 23.1 Å². The van der Waals surface area contributed by atoms with E-state index in [0.717, 1.165) is 22.6 Å². The van der Waals surface area contributed by atoms with Crippen molar-refractivity contribution >= 4 is 29.0 Å². The molecule has 0 aromatic carbocycles. The highest BCUT2D eigenvalue weighted by molar-refractivity contribution is 7.98. The highest BCUT2D eigenvalue weighted by atomic mass is 32.2. The summed E-state index contributed by atoms with van der Waals surface area (Å²) in [7, 11) is 0. The molecule has 1 amide bonds. The van der Waals surface area contributed by atoms with Gasteiger partial charge in [-0.2, -0.15) is 11.8 Å². The van der Waals surface area contributed by atoms with Gasteiger partial charge in [0, 0.05) is 17.2 Å². The minimum Gasteiger partial charge on any atom is -0.375 e. The van der Waals surface area contributed by atoms with Crippen molar-refractivity contribution in [3.8, 4) is 0 Å². The van der Waals surface area contributed by atoms with Crippen LogP contribution in [-0.2, 0) is 16.9 Å². The topological polar surface area (TPSA) is 38.3 Å². The number of carbonyl (C=O) groups is 1. The average molecular weight is 297 g/mol. The lowest BCUT2D eigenvalue weighted by Gasteiger charge is -2.08. The first kappa shape index (κ1) is 14.6. The lowest BCUT2D eigenvalue weighted by atomic mass is 10.2. The average Bonchev–Trinajstić information content (AvgIpc) is 2.81. The second-order valence-electron chi connectivity index (χ2n) is 4.63. The summed E-state index contributed by atoms with van der Waals surface area (Å²) < 4.78 is 5.35. The van der Waals surface area contributed by atoms with Gasteiger partial charge in [0.1, 0.15) is 0 Å². The van der Waals surface area contributed by atoms with Gasteiger partial charge in [0.2, 0.25) is 0 Å². The van der Waals surface area contributed by atoms with E-state index in [4.69, 9.17) is 4.74 Å². The highest BCUT2D eigenvalue weighted by Gasteiger charge is 2.17. The van der Waals surface area contributed by atoms with E-state index >= 15 is 0 Å². The van der Waals surface area contributed by atoms with Crippen molar-refractivity contribution < 1.29 is 9.53 Å². The van der Waals surface area contributed by atoms with Crippen molar-refractivity contribution in [3.63, 3.8) is 0 Å². The fraction of sp³-hybridized carbons (Fsp3) is 0.500. The molecule has 3 nitrogen and oxygen atoms in total. The van der Waals surface area contributed by atoms with Crippen molar-refractivity contribution in [2.24, 2.45) is 0 Å². The smallest absolute Gasteiger partial charge is 0.261 e. The first-order valence-electron chi connectivity index (χ1n) is 6.36. The van der Waals surface area contributed by atoms with Crippen molar-refractivity contribution in [1.82, 2.24) is 5.32 Å². The van der Waals surface area contributed by atoms with Crippen LogP contribution in [0.3, 0.4) is 0 Å². The lowest BCUT2D eigenvalue weighted by molar-refractivity contribution is 0.0930. The molecule has 1 aromatic rings. The third-order valence-electron chi connectivity index (χ3n) is 2.73. The van der Waals surface area contributed by atoms with Gasteiger partial charge in [0.25, 0.3) is 5.91 Å². The van der Waals surface area contributed by atoms with E-state index in [2.05, 4.69) is 11.9 Å². The van der Waals surface area contributed by atoms with Crippen LogP contribution in [0.15, 0.2) is 18.2 Å². The van der Waals surface area contributed by atoms with Gasteiger partial charge in [-0.1, -0.05) is 12.2 Å². The third-order valence-corrected chi connectivity index (χ3v) is 4.98. The molecular weight excluding hydrogens is 278 g/mol. The maximum Gasteiger partial charge on any atom is 0.261 e. The number of aryl methyl sites for hydroxylation is 1. The molecule has 0 bridgehead atoms. The molecule has 1 aromatic heterocycles. The molecule has 1 N–H and O–H groups in total. The molecule has 0 radical (unpaired) electrons. The minimum atomic E-state index is 0.0170. The number of nitrogens with one attached hydrogen (secondary N) is 1. The van der Waals surface area contributed by atoms with Crippen molar-refractivity contribution in [3.05, 3.63) is 33.5 Å². The predicted molar refractivity (Wildman–Crippen MR) is 82.2 cm³/mol. The van der Waals surface area contributed by atoms with E-state index in [1.54, 1.807) is 11.3 Å². The molecule has 0 fully saturated rings. The largest absolute Gasteiger partial charge is 0.375 e. The number of fused-ring (bicyclic) bond motifs is 1. The molecule has 5 heteroatoms. The van der Waals surface area contributed by atoms with Gasteiger partial charge in [0.15, 0.2) is 0 Å². The van der Waals surface area contributed by atoms with E-state index < -0.39 is 0 Å². The molecule has 2 heterocycles. The van der Waals surface area contributed by atoms with Crippen LogP contribution in [-0.4, -0.2) is 31.4 Å². The van der Waals surface area contributed by atoms with Crippen molar-refractivity contribution in [2.75, 3.05) is 25.5 Å². The summed E-state index contributed by atoms with van der Waals surface area (Å²) in [5.41, 5.74) is 2.33. The first-order chi connectivity index (χ1) is 9.16. The highest BCUT2D eigenvalue weighted by Crippen LogP contribution is 2.31. The zero-order valence-electron chi connectivity index (χ0n) is 11.2. The zero-order valence-corrected chi connectivity index (χ0v) is 12.8. The Morgan fingerprint density at radius 1 is 1.58 bits per heavy atom. The summed E-state index contributed by atoms with van der Waals surface area (Å²) in [5, 5.41) is 2.89. The van der Waals surface area contributed by atoms with Gasteiger partial charge in [-0.3, -0.25) is 4.79 Å². The molecular formula is C14H19NO2S2. The van der Waals surface area contributed by atoms with Gasteiger partial charge in [-0.15, -0.1) is 11.3 Å². The zero-order chi connectivity index (χ0) is 13.7. The third kappa shape index (κ3) is 4.37. The molecule has 0 saturated heterocycles. The van der Waals surface area contributed by atoms with Gasteiger partial charge in [0.05, 0.1) is 18.1 Å². The summed E-state index contributed by atoms with van der Waals surface area (Å²) >= 11 is 3.57. The number of amides is 1. The molecule has 0 aliphatic carbocycles. The van der Waals surface area contributed by atoms with Crippen molar-refractivity contribution in [2.45, 2.75) is 19.1 Å². The summed E-state index contributed by atoms with van der Waals surface area (Å²) in [4.78, 5) is 14.2. The van der Waals surface area contributed by atoms with E-state index in [9.17, 15) is 4.79 Å². The maximum absolute atomic E-state index is 12.0. The van der Waals surface area contributed by atoms with Crippen molar-refractivity contribution in [1.29, 1.82) is 0 Å². The van der Waals surface area contributed by atoms with E-state index in [1.807, 2.05) is 24.8 Å². The van der Waals surface area contributed by atoms with Crippen LogP contribution in [0.5, 0.6) is 0 Å². The lowest BCUT2D eigenvalue weighted by Crippen LogP contribution is -2.26. The molecule has 104 valence electrons. The Morgan fingerprint density at radius 3 is 3.16 bits per heavy atom. The second kappa shape index (κ2) is 7.12. The number of carbonyl (C=O) groups excluding carboxylic acids is 1. The normalized spacial score (nSPS) is 13.9. The second-order valence-corrected chi connectivity index (χ2v) is 6.87. The molecule has 1 aliphatic rings. The fourth-order valence-corrected chi connectivity index (χ4v) is 4.12. The molecule has 19 heavy (non-hydrogen) atoms. The molecule has 0 spiro atoms. The quantitative estimate of drug-likeness (QED) is 0.648. The Morgan fingerprint density at radius 2 is 2.42 bits per heavy atom. The standard InChI is InChI=1S/C14H19NO2S2/c1-10(2)8-17-5-4-15-14(16)13-7-11-9-18-6-3-12(11)19-13/h7H,1,3-6,8-9H2,2H3,(H,15,16). The number of ether oxygens (including phenoxy) is 1. The van der Waals surface area contributed by atoms with Gasteiger partial charge < -0.3 is 10.1 Å². The van der Waals surface area contributed by atoms with Gasteiger partial charge in [-0.05, 0) is 30.7 Å². The number of hydrogen-bond acceptors (Lipinski definition) is 4. The monoisotopic (exact) mass is 297 g/mol. The summed E-state index contributed by atoms with van der Waals surface area (Å²) in [6.45, 7) is 7.31. The molecule has 0 saturated carbocycles. The van der Waals surface area contributed by atoms with E-state index in [-0.39, 0.29) is 5.91 Å². The molecule has 0 unspecified atom stereocenters. The fourth-order valence-electron chi connectivity index (χ4n) is 1.83. The van der Waals surface area contributed by atoms with Crippen LogP contribution < -0.4 is 5.32 Å². The first-order valence-corrected chi connectivity index (χ1v) is 8.33. The van der Waals surface area contributed by atoms with Gasteiger partial charge in [-0.25, -0.2) is 0 Å². The Bertz CT molecular complexity index is 445. The van der Waals surface area contributed by atoms with Crippen LogP contribution in [0.1, 0.15) is 27.0 Å².